The van der Waals surface area contributed by atoms with E-state index in [1.165, 1.54) is 9.75 Å². The van der Waals surface area contributed by atoms with Crippen LogP contribution in [0.1, 0.15) is 29.5 Å². The van der Waals surface area contributed by atoms with Crippen molar-refractivity contribution in [2.75, 3.05) is 20.3 Å². The van der Waals surface area contributed by atoms with Crippen molar-refractivity contribution in [3.05, 3.63) is 21.9 Å². The second kappa shape index (κ2) is 6.26. The number of thiophene rings is 1. The fourth-order valence-corrected chi connectivity index (χ4v) is 2.54. The van der Waals surface area contributed by atoms with E-state index in [-0.39, 0.29) is 0 Å². The highest BCUT2D eigenvalue weighted by Crippen LogP contribution is 2.26. The molecule has 0 aromatic carbocycles. The summed E-state index contributed by atoms with van der Waals surface area (Å²) in [4.78, 5) is 2.85. The van der Waals surface area contributed by atoms with Crippen molar-refractivity contribution in [3.63, 3.8) is 0 Å². The monoisotopic (exact) mass is 227 g/mol. The van der Waals surface area contributed by atoms with Gasteiger partial charge in [0.2, 0.25) is 0 Å². The SMILES string of the molecule is COCCNC(C)C(C)c1ccc(C)s1. The molecule has 2 atom stereocenters. The highest BCUT2D eigenvalue weighted by Gasteiger charge is 2.14. The van der Waals surface area contributed by atoms with E-state index in [2.05, 4.69) is 38.2 Å². The summed E-state index contributed by atoms with van der Waals surface area (Å²) in [5, 5.41) is 3.47. The van der Waals surface area contributed by atoms with Crippen molar-refractivity contribution in [3.8, 4) is 0 Å². The van der Waals surface area contributed by atoms with Crippen LogP contribution < -0.4 is 5.32 Å². The number of rotatable bonds is 6. The molecule has 0 aliphatic carbocycles. The predicted molar refractivity (Wildman–Crippen MR) is 66.8 cm³/mol. The Kier molecular flexibility index (Phi) is 5.29. The maximum atomic E-state index is 5.02. The summed E-state index contributed by atoms with van der Waals surface area (Å²) >= 11 is 1.89. The standard InChI is InChI=1S/C12H21NOS/c1-9-5-6-12(15-9)10(2)11(3)13-7-8-14-4/h5-6,10-11,13H,7-8H2,1-4H3. The lowest BCUT2D eigenvalue weighted by molar-refractivity contribution is 0.195. The first-order chi connectivity index (χ1) is 7.15. The van der Waals surface area contributed by atoms with Gasteiger partial charge in [-0.3, -0.25) is 0 Å². The Morgan fingerprint density at radius 3 is 2.67 bits per heavy atom. The Morgan fingerprint density at radius 2 is 2.13 bits per heavy atom. The van der Waals surface area contributed by atoms with E-state index in [1.54, 1.807) is 7.11 Å². The van der Waals surface area contributed by atoms with E-state index in [9.17, 15) is 0 Å². The van der Waals surface area contributed by atoms with E-state index >= 15 is 0 Å². The third-order valence-electron chi connectivity index (χ3n) is 2.73. The summed E-state index contributed by atoms with van der Waals surface area (Å²) in [6.07, 6.45) is 0. The summed E-state index contributed by atoms with van der Waals surface area (Å²) in [6.45, 7) is 8.36. The molecule has 15 heavy (non-hydrogen) atoms. The predicted octanol–water partition coefficient (Wildman–Crippen LogP) is 2.78. The third-order valence-corrected chi connectivity index (χ3v) is 3.93. The third kappa shape index (κ3) is 3.93. The molecular weight excluding hydrogens is 206 g/mol. The van der Waals surface area contributed by atoms with Crippen molar-refractivity contribution in [1.29, 1.82) is 0 Å². The van der Waals surface area contributed by atoms with Crippen molar-refractivity contribution in [2.45, 2.75) is 32.7 Å². The smallest absolute Gasteiger partial charge is 0.0587 e. The minimum atomic E-state index is 0.498. The summed E-state index contributed by atoms with van der Waals surface area (Å²) in [6, 6.07) is 4.93. The maximum absolute atomic E-state index is 5.02. The molecule has 1 rings (SSSR count). The van der Waals surface area contributed by atoms with E-state index < -0.39 is 0 Å². The second-order valence-corrected chi connectivity index (χ2v) is 5.29. The van der Waals surface area contributed by atoms with E-state index in [0.717, 1.165) is 13.2 Å². The van der Waals surface area contributed by atoms with Crippen LogP contribution in [0.15, 0.2) is 12.1 Å². The molecule has 0 saturated heterocycles. The molecule has 0 aliphatic rings. The fourth-order valence-electron chi connectivity index (χ4n) is 1.51. The molecule has 2 nitrogen and oxygen atoms in total. The quantitative estimate of drug-likeness (QED) is 0.755. The van der Waals surface area contributed by atoms with Gasteiger partial charge < -0.3 is 10.1 Å². The molecule has 1 aromatic heterocycles. The number of aryl methyl sites for hydroxylation is 1. The van der Waals surface area contributed by atoms with Crippen LogP contribution in [-0.2, 0) is 4.74 Å². The van der Waals surface area contributed by atoms with E-state index in [0.29, 0.717) is 12.0 Å². The zero-order valence-corrected chi connectivity index (χ0v) is 10.9. The number of hydrogen-bond acceptors (Lipinski definition) is 3. The van der Waals surface area contributed by atoms with Gasteiger partial charge in [-0.05, 0) is 26.0 Å². The summed E-state index contributed by atoms with van der Waals surface area (Å²) in [5.74, 6) is 0.570. The van der Waals surface area contributed by atoms with Crippen molar-refractivity contribution in [1.82, 2.24) is 5.32 Å². The maximum Gasteiger partial charge on any atom is 0.0587 e. The molecule has 1 aromatic rings. The van der Waals surface area contributed by atoms with Gasteiger partial charge >= 0.3 is 0 Å². The molecular formula is C12H21NOS. The van der Waals surface area contributed by atoms with Gasteiger partial charge in [0.25, 0.3) is 0 Å². The summed E-state index contributed by atoms with van der Waals surface area (Å²) in [7, 11) is 1.73. The van der Waals surface area contributed by atoms with E-state index in [4.69, 9.17) is 4.74 Å². The van der Waals surface area contributed by atoms with Gasteiger partial charge in [0, 0.05) is 35.4 Å². The number of ether oxygens (including phenoxy) is 1. The molecule has 3 heteroatoms. The fraction of sp³-hybridized carbons (Fsp3) is 0.667. The molecule has 0 fully saturated rings. The van der Waals surface area contributed by atoms with Crippen LogP contribution in [0.25, 0.3) is 0 Å². The molecule has 0 amide bonds. The van der Waals surface area contributed by atoms with Crippen molar-refractivity contribution < 1.29 is 4.74 Å². The van der Waals surface area contributed by atoms with Crippen LogP contribution in [0.4, 0.5) is 0 Å². The molecule has 0 saturated carbocycles. The highest BCUT2D eigenvalue weighted by atomic mass is 32.1. The molecule has 0 bridgehead atoms. The Morgan fingerprint density at radius 1 is 1.40 bits per heavy atom. The summed E-state index contributed by atoms with van der Waals surface area (Å²) < 4.78 is 5.02. The molecule has 0 aliphatic heterocycles. The lowest BCUT2D eigenvalue weighted by Crippen LogP contribution is -2.33. The van der Waals surface area contributed by atoms with Gasteiger partial charge in [-0.15, -0.1) is 11.3 Å². The second-order valence-electron chi connectivity index (χ2n) is 3.97. The van der Waals surface area contributed by atoms with Crippen molar-refractivity contribution in [2.24, 2.45) is 0 Å². The van der Waals surface area contributed by atoms with Gasteiger partial charge in [0.15, 0.2) is 0 Å². The van der Waals surface area contributed by atoms with Gasteiger partial charge in [-0.1, -0.05) is 6.92 Å². The zero-order chi connectivity index (χ0) is 11.3. The number of methoxy groups -OCH3 is 1. The van der Waals surface area contributed by atoms with Crippen LogP contribution in [0.3, 0.4) is 0 Å². The minimum Gasteiger partial charge on any atom is -0.383 e. The number of nitrogens with one attached hydrogen (secondary N) is 1. The van der Waals surface area contributed by atoms with Crippen LogP contribution in [-0.4, -0.2) is 26.3 Å². The summed E-state index contributed by atoms with van der Waals surface area (Å²) in [5.41, 5.74) is 0. The molecule has 86 valence electrons. The largest absolute Gasteiger partial charge is 0.383 e. The molecule has 1 heterocycles. The first-order valence-electron chi connectivity index (χ1n) is 5.43. The lowest BCUT2D eigenvalue weighted by Gasteiger charge is -2.20. The average molecular weight is 227 g/mol. The van der Waals surface area contributed by atoms with Crippen LogP contribution in [0, 0.1) is 6.92 Å². The lowest BCUT2D eigenvalue weighted by atomic mass is 10.0. The first-order valence-corrected chi connectivity index (χ1v) is 6.25. The van der Waals surface area contributed by atoms with Crippen molar-refractivity contribution >= 4 is 11.3 Å². The van der Waals surface area contributed by atoms with Crippen LogP contribution in [0.2, 0.25) is 0 Å². The van der Waals surface area contributed by atoms with E-state index in [1.807, 2.05) is 11.3 Å². The normalized spacial score (nSPS) is 15.2. The topological polar surface area (TPSA) is 21.3 Å². The van der Waals surface area contributed by atoms with Gasteiger partial charge in [0.1, 0.15) is 0 Å². The van der Waals surface area contributed by atoms with Gasteiger partial charge in [0.05, 0.1) is 6.61 Å². The Labute approximate surface area is 96.7 Å². The average Bonchev–Trinajstić information content (AvgIpc) is 2.64. The Bertz CT molecular complexity index is 285. The molecule has 0 spiro atoms. The van der Waals surface area contributed by atoms with Crippen LogP contribution >= 0.6 is 11.3 Å². The molecule has 1 N–H and O–H groups in total. The molecule has 0 radical (unpaired) electrons. The van der Waals surface area contributed by atoms with Crippen LogP contribution in [0.5, 0.6) is 0 Å². The Hall–Kier alpha value is -0.380. The molecule has 2 unspecified atom stereocenters. The number of hydrogen-bond donors (Lipinski definition) is 1. The van der Waals surface area contributed by atoms with Gasteiger partial charge in [-0.25, -0.2) is 0 Å². The zero-order valence-electron chi connectivity index (χ0n) is 10.0. The van der Waals surface area contributed by atoms with Gasteiger partial charge in [-0.2, -0.15) is 0 Å². The Balaban J connectivity index is 2.42. The minimum absolute atomic E-state index is 0.498. The highest BCUT2D eigenvalue weighted by molar-refractivity contribution is 7.12. The first kappa shape index (κ1) is 12.7.